The van der Waals surface area contributed by atoms with E-state index in [4.69, 9.17) is 0 Å². The molecule has 3 amide bonds. The summed E-state index contributed by atoms with van der Waals surface area (Å²) in [5.41, 5.74) is 4.05. The van der Waals surface area contributed by atoms with Crippen LogP contribution in [-0.2, 0) is 20.9 Å². The number of carbonyl (C=O) groups excluding carboxylic acids is 3. The summed E-state index contributed by atoms with van der Waals surface area (Å²) in [7, 11) is 0. The third kappa shape index (κ3) is 5.19. The number of thiazole rings is 1. The second kappa shape index (κ2) is 11.9. The molecule has 3 heterocycles. The molecule has 220 valence electrons. The van der Waals surface area contributed by atoms with Crippen molar-refractivity contribution < 1.29 is 14.4 Å². The van der Waals surface area contributed by atoms with E-state index in [1.807, 2.05) is 61.5 Å². The number of aryl methyl sites for hydroxylation is 1. The Morgan fingerprint density at radius 3 is 2.23 bits per heavy atom. The van der Waals surface area contributed by atoms with Gasteiger partial charge in [0, 0.05) is 35.3 Å². The van der Waals surface area contributed by atoms with Gasteiger partial charge >= 0.3 is 4.87 Å². The van der Waals surface area contributed by atoms with Crippen molar-refractivity contribution in [2.75, 3.05) is 28.2 Å². The van der Waals surface area contributed by atoms with Gasteiger partial charge in [-0.2, -0.15) is 0 Å². The lowest BCUT2D eigenvalue weighted by Crippen LogP contribution is -2.33. The van der Waals surface area contributed by atoms with E-state index < -0.39 is 17.1 Å². The highest BCUT2D eigenvalue weighted by atomic mass is 32.2. The lowest BCUT2D eigenvalue weighted by atomic mass is 9.83. The van der Waals surface area contributed by atoms with Crippen molar-refractivity contribution in [3.63, 3.8) is 0 Å². The van der Waals surface area contributed by atoms with Crippen molar-refractivity contribution in [1.29, 1.82) is 0 Å². The number of benzene rings is 3. The van der Waals surface area contributed by atoms with Crippen LogP contribution in [0, 0.1) is 12.8 Å². The topological polar surface area (TPSA) is 91.7 Å². The van der Waals surface area contributed by atoms with Gasteiger partial charge in [0.25, 0.3) is 0 Å². The van der Waals surface area contributed by atoms with Gasteiger partial charge in [0.2, 0.25) is 17.7 Å². The maximum atomic E-state index is 14.1. The summed E-state index contributed by atoms with van der Waals surface area (Å²) in [5.74, 6) is -2.11. The van der Waals surface area contributed by atoms with Crippen LogP contribution >= 0.6 is 23.1 Å². The number of carbonyl (C=O) groups is 3. The van der Waals surface area contributed by atoms with Crippen LogP contribution in [0.15, 0.2) is 88.7 Å². The van der Waals surface area contributed by atoms with Gasteiger partial charge in [-0.15, -0.1) is 0 Å². The maximum Gasteiger partial charge on any atom is 0.308 e. The van der Waals surface area contributed by atoms with Crippen LogP contribution in [0.1, 0.15) is 35.8 Å². The van der Waals surface area contributed by atoms with Crippen molar-refractivity contribution in [3.05, 3.63) is 105 Å². The number of nitrogens with one attached hydrogen (secondary N) is 1. The summed E-state index contributed by atoms with van der Waals surface area (Å²) in [6, 6.07) is 24.5. The first kappa shape index (κ1) is 28.9. The average molecular weight is 613 g/mol. The molecule has 2 aliphatic heterocycles. The smallest absolute Gasteiger partial charge is 0.308 e. The fraction of sp³-hybridized carbons (Fsp3) is 0.273. The van der Waals surface area contributed by atoms with Crippen LogP contribution in [0.25, 0.3) is 0 Å². The van der Waals surface area contributed by atoms with Gasteiger partial charge in [0.15, 0.2) is 0 Å². The zero-order valence-electron chi connectivity index (χ0n) is 24.2. The predicted molar refractivity (Wildman–Crippen MR) is 172 cm³/mol. The molecule has 0 bridgehead atoms. The normalized spacial score (nSPS) is 19.2. The number of para-hydroxylation sites is 2. The van der Waals surface area contributed by atoms with Crippen molar-refractivity contribution >= 4 is 57.9 Å². The van der Waals surface area contributed by atoms with Crippen LogP contribution in [0.3, 0.4) is 0 Å². The van der Waals surface area contributed by atoms with Crippen molar-refractivity contribution in [1.82, 2.24) is 4.57 Å². The largest absolute Gasteiger partial charge is 0.372 e. The average Bonchev–Trinajstić information content (AvgIpc) is 3.46. The monoisotopic (exact) mass is 612 g/mol. The predicted octanol–water partition coefficient (Wildman–Crippen LogP) is 5.50. The van der Waals surface area contributed by atoms with Gasteiger partial charge in [0.1, 0.15) is 11.8 Å². The third-order valence-corrected chi connectivity index (χ3v) is 10.8. The molecule has 6 rings (SSSR count). The molecule has 3 atom stereocenters. The van der Waals surface area contributed by atoms with E-state index in [0.717, 1.165) is 41.2 Å². The minimum Gasteiger partial charge on any atom is -0.372 e. The number of rotatable bonds is 8. The highest BCUT2D eigenvalue weighted by Crippen LogP contribution is 2.54. The van der Waals surface area contributed by atoms with Gasteiger partial charge in [-0.25, -0.2) is 4.90 Å². The van der Waals surface area contributed by atoms with Crippen molar-refractivity contribution in [2.45, 2.75) is 43.5 Å². The molecule has 1 N–H and O–H groups in total. The first-order chi connectivity index (χ1) is 20.8. The maximum absolute atomic E-state index is 14.1. The fourth-order valence-corrected chi connectivity index (χ4v) is 8.75. The summed E-state index contributed by atoms with van der Waals surface area (Å²) in [6.07, 6.45) is 0. The molecule has 0 saturated carbocycles. The van der Waals surface area contributed by atoms with Gasteiger partial charge in [-0.05, 0) is 62.2 Å². The molecule has 43 heavy (non-hydrogen) atoms. The summed E-state index contributed by atoms with van der Waals surface area (Å²) < 4.78 is 1.45. The van der Waals surface area contributed by atoms with E-state index >= 15 is 0 Å². The third-order valence-electron chi connectivity index (χ3n) is 8.17. The van der Waals surface area contributed by atoms with Gasteiger partial charge in [-0.1, -0.05) is 71.6 Å². The van der Waals surface area contributed by atoms with E-state index in [9.17, 15) is 19.2 Å². The van der Waals surface area contributed by atoms with E-state index in [1.54, 1.807) is 24.3 Å². The zero-order chi connectivity index (χ0) is 30.2. The van der Waals surface area contributed by atoms with Gasteiger partial charge in [0.05, 0.1) is 16.6 Å². The molecule has 1 fully saturated rings. The molecule has 0 aliphatic carbocycles. The lowest BCUT2D eigenvalue weighted by molar-refractivity contribution is -0.122. The summed E-state index contributed by atoms with van der Waals surface area (Å²) in [5, 5.41) is 2.75. The summed E-state index contributed by atoms with van der Waals surface area (Å²) in [6.45, 7) is 7.63. The Morgan fingerprint density at radius 1 is 0.884 bits per heavy atom. The number of imide groups is 1. The minimum atomic E-state index is -0.729. The van der Waals surface area contributed by atoms with Gasteiger partial charge in [-0.3, -0.25) is 23.7 Å². The Labute approximate surface area is 258 Å². The Bertz CT molecular complexity index is 1740. The SMILES string of the molecule is CCN(CC)c1ccc([C@@H]2c3sc(=O)n(CC(=O)Nc4ccccc4C)c3S[C@H]3C(=O)N(c4ccccc4)C(=O)[C@@H]23)cc1. The zero-order valence-corrected chi connectivity index (χ0v) is 25.8. The number of nitrogens with zero attached hydrogens (tertiary/aromatic N) is 3. The van der Waals surface area contributed by atoms with Crippen LogP contribution in [0.5, 0.6) is 0 Å². The number of hydrogen-bond acceptors (Lipinski definition) is 7. The van der Waals surface area contributed by atoms with Crippen molar-refractivity contribution in [3.8, 4) is 0 Å². The standard InChI is InChI=1S/C33H32N4O4S2/c1-4-35(5-2)22-17-15-21(16-18-22)26-27-28(31(40)37(30(27)39)23-12-7-6-8-13-23)42-32-29(26)43-33(41)36(32)19-25(38)34-24-14-10-9-11-20(24)3/h6-18,26-28H,4-5,19H2,1-3H3,(H,34,38)/t26-,27-,28+/m0/s1. The number of thioether (sulfide) groups is 1. The molecule has 2 aliphatic rings. The van der Waals surface area contributed by atoms with Gasteiger partial charge < -0.3 is 10.2 Å². The first-order valence-corrected chi connectivity index (χ1v) is 16.0. The van der Waals surface area contributed by atoms with Crippen molar-refractivity contribution in [2.24, 2.45) is 5.92 Å². The summed E-state index contributed by atoms with van der Waals surface area (Å²) >= 11 is 2.28. The Hall–Kier alpha value is -4.15. The summed E-state index contributed by atoms with van der Waals surface area (Å²) in [4.78, 5) is 58.5. The number of fused-ring (bicyclic) bond motifs is 2. The number of hydrogen-bond donors (Lipinski definition) is 1. The number of aromatic nitrogens is 1. The molecule has 0 radical (unpaired) electrons. The van der Waals surface area contributed by atoms with Crippen LogP contribution < -0.4 is 20.0 Å². The number of amides is 3. The molecule has 1 saturated heterocycles. The highest BCUT2D eigenvalue weighted by molar-refractivity contribution is 8.00. The molecule has 4 aromatic rings. The Kier molecular flexibility index (Phi) is 7.98. The number of anilines is 3. The van der Waals surface area contributed by atoms with Crippen LogP contribution in [0.2, 0.25) is 0 Å². The first-order valence-electron chi connectivity index (χ1n) is 14.4. The van der Waals surface area contributed by atoms with E-state index in [2.05, 4.69) is 24.1 Å². The highest BCUT2D eigenvalue weighted by Gasteiger charge is 2.56. The van der Waals surface area contributed by atoms with E-state index in [1.165, 1.54) is 21.2 Å². The minimum absolute atomic E-state index is 0.193. The second-order valence-electron chi connectivity index (χ2n) is 10.6. The van der Waals surface area contributed by atoms with Crippen LogP contribution in [0.4, 0.5) is 17.1 Å². The van der Waals surface area contributed by atoms with Crippen LogP contribution in [-0.4, -0.2) is 40.6 Å². The van der Waals surface area contributed by atoms with E-state index in [-0.39, 0.29) is 29.1 Å². The second-order valence-corrected chi connectivity index (χ2v) is 12.8. The fourth-order valence-electron chi connectivity index (χ4n) is 5.97. The molecule has 1 aromatic heterocycles. The molecule has 0 spiro atoms. The molecule has 8 nitrogen and oxygen atoms in total. The Balaban J connectivity index is 1.42. The molecular weight excluding hydrogens is 581 g/mol. The Morgan fingerprint density at radius 2 is 1.56 bits per heavy atom. The molecule has 10 heteroatoms. The lowest BCUT2D eigenvalue weighted by Gasteiger charge is -2.31. The quantitative estimate of drug-likeness (QED) is 0.264. The molecule has 3 aromatic carbocycles. The van der Waals surface area contributed by atoms with E-state index in [0.29, 0.717) is 21.3 Å². The molecular formula is C33H32N4O4S2. The molecule has 0 unspecified atom stereocenters.